The molecule has 0 N–H and O–H groups in total. The summed E-state index contributed by atoms with van der Waals surface area (Å²) in [7, 11) is 0. The van der Waals surface area contributed by atoms with Crippen molar-refractivity contribution < 1.29 is 18.7 Å². The monoisotopic (exact) mass is 528 g/mol. The van der Waals surface area contributed by atoms with Crippen molar-refractivity contribution in [2.45, 2.75) is 73.3 Å². The van der Waals surface area contributed by atoms with Crippen LogP contribution < -0.4 is 4.74 Å². The summed E-state index contributed by atoms with van der Waals surface area (Å²) in [5.41, 5.74) is 3.36. The molecule has 0 aliphatic heterocycles. The average molecular weight is 529 g/mol. The summed E-state index contributed by atoms with van der Waals surface area (Å²) >= 11 is 5.93. The molecule has 0 fully saturated rings. The van der Waals surface area contributed by atoms with Gasteiger partial charge in [-0.15, -0.1) is 0 Å². The highest BCUT2D eigenvalue weighted by atomic mass is 35.5. The molecule has 0 aliphatic rings. The van der Waals surface area contributed by atoms with Crippen molar-refractivity contribution in [1.29, 1.82) is 0 Å². The maximum atomic E-state index is 14.3. The molecule has 0 atom stereocenters. The van der Waals surface area contributed by atoms with Gasteiger partial charge in [-0.2, -0.15) is 0 Å². The van der Waals surface area contributed by atoms with Crippen LogP contribution >= 0.6 is 11.6 Å². The first-order chi connectivity index (χ1) is 17.7. The average Bonchev–Trinajstić information content (AvgIpc) is 3.23. The molecule has 0 radical (unpaired) electrons. The number of para-hydroxylation sites is 1. The minimum absolute atomic E-state index is 0.0951. The van der Waals surface area contributed by atoms with Crippen molar-refractivity contribution in [3.05, 3.63) is 70.3 Å². The van der Waals surface area contributed by atoms with Gasteiger partial charge in [0.1, 0.15) is 17.4 Å². The quantitative estimate of drug-likeness (QED) is 0.169. The highest BCUT2D eigenvalue weighted by molar-refractivity contribution is 6.30. The van der Waals surface area contributed by atoms with Gasteiger partial charge in [-0.05, 0) is 77.1 Å². The predicted octanol–water partition coefficient (Wildman–Crippen LogP) is 7.65. The van der Waals surface area contributed by atoms with Crippen LogP contribution in [0.5, 0.6) is 5.75 Å². The van der Waals surface area contributed by atoms with Gasteiger partial charge >= 0.3 is 5.97 Å². The molecular weight excluding hydrogens is 491 g/mol. The third-order valence-electron chi connectivity index (χ3n) is 6.59. The number of aryl methyl sites for hydroxylation is 1. The van der Waals surface area contributed by atoms with Gasteiger partial charge in [-0.3, -0.25) is 4.79 Å². The number of hydrogen-bond acceptors (Lipinski definition) is 4. The summed E-state index contributed by atoms with van der Waals surface area (Å²) in [4.78, 5) is 17.0. The largest absolute Gasteiger partial charge is 0.493 e. The van der Waals surface area contributed by atoms with Crippen LogP contribution in [0.4, 0.5) is 4.39 Å². The lowest BCUT2D eigenvalue weighted by Crippen LogP contribution is -2.26. The highest BCUT2D eigenvalue weighted by Gasteiger charge is 2.28. The van der Waals surface area contributed by atoms with E-state index in [0.29, 0.717) is 25.3 Å². The summed E-state index contributed by atoms with van der Waals surface area (Å²) in [5.74, 6) is 0.922. The molecule has 3 aromatic rings. The fourth-order valence-electron chi connectivity index (χ4n) is 4.47. The molecule has 3 rings (SSSR count). The van der Waals surface area contributed by atoms with Crippen LogP contribution in [-0.2, 0) is 28.9 Å². The Kier molecular flexibility index (Phi) is 10.2. The number of aromatic nitrogens is 2. The molecule has 1 heterocycles. The van der Waals surface area contributed by atoms with Gasteiger partial charge in [0, 0.05) is 16.8 Å². The minimum Gasteiger partial charge on any atom is -0.493 e. The molecule has 7 heteroatoms. The van der Waals surface area contributed by atoms with E-state index in [0.717, 1.165) is 60.6 Å². The van der Waals surface area contributed by atoms with E-state index >= 15 is 0 Å². The summed E-state index contributed by atoms with van der Waals surface area (Å²) in [6.07, 6.45) is 4.04. The molecule has 37 heavy (non-hydrogen) atoms. The Labute approximate surface area is 225 Å². The molecule has 0 spiro atoms. The highest BCUT2D eigenvalue weighted by Crippen LogP contribution is 2.30. The van der Waals surface area contributed by atoms with Crippen LogP contribution in [0.25, 0.3) is 11.4 Å². The van der Waals surface area contributed by atoms with Crippen molar-refractivity contribution in [3.63, 3.8) is 0 Å². The molecule has 200 valence electrons. The molecule has 0 saturated heterocycles. The van der Waals surface area contributed by atoms with E-state index < -0.39 is 11.2 Å². The number of imidazole rings is 1. The predicted molar refractivity (Wildman–Crippen MR) is 147 cm³/mol. The van der Waals surface area contributed by atoms with Crippen LogP contribution in [-0.4, -0.2) is 28.7 Å². The van der Waals surface area contributed by atoms with Crippen LogP contribution in [0.1, 0.15) is 70.8 Å². The topological polar surface area (TPSA) is 53.4 Å². The van der Waals surface area contributed by atoms with Crippen LogP contribution in [0, 0.1) is 11.2 Å². The molecule has 0 amide bonds. The van der Waals surface area contributed by atoms with E-state index in [-0.39, 0.29) is 11.0 Å². The van der Waals surface area contributed by atoms with Gasteiger partial charge < -0.3 is 14.0 Å². The lowest BCUT2D eigenvalue weighted by atomic mass is 9.87. The van der Waals surface area contributed by atoms with Gasteiger partial charge in [0.05, 0.1) is 35.9 Å². The second-order valence-electron chi connectivity index (χ2n) is 9.77. The number of carbonyl (C=O) groups excluding carboxylic acids is 1. The Morgan fingerprint density at radius 3 is 2.51 bits per heavy atom. The van der Waals surface area contributed by atoms with E-state index in [1.807, 2.05) is 45.0 Å². The number of benzene rings is 2. The zero-order chi connectivity index (χ0) is 27.0. The number of rotatable bonds is 13. The molecule has 0 saturated carbocycles. The summed E-state index contributed by atoms with van der Waals surface area (Å²) in [6, 6.07) is 12.8. The van der Waals surface area contributed by atoms with Gasteiger partial charge in [0.15, 0.2) is 0 Å². The van der Waals surface area contributed by atoms with Crippen LogP contribution in [0.15, 0.2) is 42.5 Å². The smallest absolute Gasteiger partial charge is 0.311 e. The molecule has 0 aliphatic carbocycles. The van der Waals surface area contributed by atoms with Crippen molar-refractivity contribution in [3.8, 4) is 17.1 Å². The lowest BCUT2D eigenvalue weighted by Gasteiger charge is -2.22. The first kappa shape index (κ1) is 28.7. The molecule has 2 aromatic carbocycles. The van der Waals surface area contributed by atoms with E-state index in [4.69, 9.17) is 26.1 Å². The van der Waals surface area contributed by atoms with Crippen molar-refractivity contribution >= 4 is 17.6 Å². The van der Waals surface area contributed by atoms with Crippen LogP contribution in [0.2, 0.25) is 5.02 Å². The first-order valence-electron chi connectivity index (χ1n) is 13.1. The zero-order valence-electron chi connectivity index (χ0n) is 22.6. The molecule has 0 unspecified atom stereocenters. The van der Waals surface area contributed by atoms with Gasteiger partial charge in [0.2, 0.25) is 0 Å². The number of esters is 1. The fraction of sp³-hybridized carbons (Fsp3) is 0.467. The first-order valence-corrected chi connectivity index (χ1v) is 13.5. The molecular formula is C30H38ClFN2O3. The number of unbranched alkanes of at least 4 members (excludes halogenated alkanes) is 1. The number of carbonyl (C=O) groups is 1. The molecule has 1 aromatic heterocycles. The second-order valence-corrected chi connectivity index (χ2v) is 10.2. The maximum Gasteiger partial charge on any atom is 0.311 e. The minimum atomic E-state index is -0.500. The van der Waals surface area contributed by atoms with Crippen molar-refractivity contribution in [1.82, 2.24) is 9.55 Å². The number of ether oxygens (including phenoxy) is 2. The summed E-state index contributed by atoms with van der Waals surface area (Å²) < 4.78 is 27.8. The van der Waals surface area contributed by atoms with E-state index in [2.05, 4.69) is 24.5 Å². The van der Waals surface area contributed by atoms with Crippen molar-refractivity contribution in [2.24, 2.45) is 5.41 Å². The SMILES string of the molecule is CCOC(=O)C(C)(C)CCCCOc1ccccc1Cn1c(-c2ccc(Cl)c(F)c2)nc(CC)c1CC. The maximum absolute atomic E-state index is 14.3. The Morgan fingerprint density at radius 2 is 1.84 bits per heavy atom. The lowest BCUT2D eigenvalue weighted by molar-refractivity contribution is -0.153. The Morgan fingerprint density at radius 1 is 1.08 bits per heavy atom. The number of nitrogens with zero attached hydrogens (tertiary/aromatic N) is 2. The van der Waals surface area contributed by atoms with Gasteiger partial charge in [0.25, 0.3) is 0 Å². The van der Waals surface area contributed by atoms with Gasteiger partial charge in [-0.1, -0.05) is 43.6 Å². The van der Waals surface area contributed by atoms with E-state index in [9.17, 15) is 9.18 Å². The van der Waals surface area contributed by atoms with Crippen LogP contribution in [0.3, 0.4) is 0 Å². The number of halogens is 2. The third kappa shape index (κ3) is 7.13. The standard InChI is InChI=1S/C30H38ClFN2O3/c1-6-25-26(7-2)34(28(33-25)21-15-16-23(31)24(32)19-21)20-22-13-9-10-14-27(22)37-18-12-11-17-30(4,5)29(35)36-8-3/h9-10,13-16,19H,6-8,11-12,17-18,20H2,1-5H3. The zero-order valence-corrected chi connectivity index (χ0v) is 23.3. The summed E-state index contributed by atoms with van der Waals surface area (Å²) in [5, 5.41) is 0.0951. The van der Waals surface area contributed by atoms with Crippen molar-refractivity contribution in [2.75, 3.05) is 13.2 Å². The molecule has 5 nitrogen and oxygen atoms in total. The normalized spacial score (nSPS) is 11.5. The Bertz CT molecular complexity index is 1210. The summed E-state index contributed by atoms with van der Waals surface area (Å²) in [6.45, 7) is 11.4. The van der Waals surface area contributed by atoms with E-state index in [1.54, 1.807) is 6.07 Å². The Balaban J connectivity index is 1.76. The second kappa shape index (κ2) is 13.1. The Hall–Kier alpha value is -2.86. The number of hydrogen-bond donors (Lipinski definition) is 0. The van der Waals surface area contributed by atoms with E-state index in [1.165, 1.54) is 6.07 Å². The van der Waals surface area contributed by atoms with Gasteiger partial charge in [-0.25, -0.2) is 9.37 Å². The molecule has 0 bridgehead atoms. The fourth-order valence-corrected chi connectivity index (χ4v) is 4.58. The third-order valence-corrected chi connectivity index (χ3v) is 6.89.